The molecule has 3 aromatic rings. The summed E-state index contributed by atoms with van der Waals surface area (Å²) >= 11 is 3.52. The lowest BCUT2D eigenvalue weighted by Gasteiger charge is -2.06. The molecule has 0 bridgehead atoms. The van der Waals surface area contributed by atoms with E-state index in [2.05, 4.69) is 47.1 Å². The van der Waals surface area contributed by atoms with Crippen LogP contribution in [0.1, 0.15) is 30.9 Å². The molecule has 0 aliphatic carbocycles. The first-order valence-electron chi connectivity index (χ1n) is 7.56. The number of benzene rings is 2. The van der Waals surface area contributed by atoms with Gasteiger partial charge in [0.25, 0.3) is 0 Å². The minimum absolute atomic E-state index is 0.124. The van der Waals surface area contributed by atoms with E-state index in [9.17, 15) is 5.11 Å². The van der Waals surface area contributed by atoms with Crippen LogP contribution in [0.15, 0.2) is 57.5 Å². The third kappa shape index (κ3) is 3.09. The maximum atomic E-state index is 9.83. The number of aliphatic hydroxyl groups excluding tert-OH is 1. The average molecular weight is 372 g/mol. The third-order valence-corrected chi connectivity index (χ3v) is 4.61. The lowest BCUT2D eigenvalue weighted by Crippen LogP contribution is -1.91. The predicted octanol–water partition coefficient (Wildman–Crippen LogP) is 5.39. The molecule has 0 amide bonds. The standard InChI is InChI=1S/C19H18BrNO2/c1-12(2)13-7-9-14(10-8-13)19-16(11-22)18(21-23-19)15-5-3-4-6-17(15)20/h3-10,12,22H,11H2,1-2H3. The summed E-state index contributed by atoms with van der Waals surface area (Å²) in [6, 6.07) is 16.0. The summed E-state index contributed by atoms with van der Waals surface area (Å²) in [5.41, 5.74) is 4.47. The van der Waals surface area contributed by atoms with Crippen molar-refractivity contribution in [3.8, 4) is 22.6 Å². The van der Waals surface area contributed by atoms with Crippen molar-refractivity contribution in [3.63, 3.8) is 0 Å². The maximum absolute atomic E-state index is 9.83. The Kier molecular flexibility index (Phi) is 4.64. The predicted molar refractivity (Wildman–Crippen MR) is 95.1 cm³/mol. The lowest BCUT2D eigenvalue weighted by molar-refractivity contribution is 0.281. The summed E-state index contributed by atoms with van der Waals surface area (Å²) < 4.78 is 6.47. The zero-order valence-electron chi connectivity index (χ0n) is 13.1. The van der Waals surface area contributed by atoms with Gasteiger partial charge >= 0.3 is 0 Å². The molecule has 0 atom stereocenters. The smallest absolute Gasteiger partial charge is 0.173 e. The SMILES string of the molecule is CC(C)c1ccc(-c2onc(-c3ccccc3Br)c2CO)cc1. The Balaban J connectivity index is 2.06. The van der Waals surface area contributed by atoms with Crippen LogP contribution in [0, 0.1) is 0 Å². The van der Waals surface area contributed by atoms with Gasteiger partial charge in [-0.3, -0.25) is 0 Å². The zero-order chi connectivity index (χ0) is 16.4. The van der Waals surface area contributed by atoms with Crippen LogP contribution in [0.5, 0.6) is 0 Å². The number of hydrogen-bond acceptors (Lipinski definition) is 3. The van der Waals surface area contributed by atoms with Gasteiger partial charge in [0.15, 0.2) is 5.76 Å². The van der Waals surface area contributed by atoms with Gasteiger partial charge in [-0.1, -0.05) is 77.4 Å². The van der Waals surface area contributed by atoms with Gasteiger partial charge in [-0.05, 0) is 17.5 Å². The molecular weight excluding hydrogens is 354 g/mol. The van der Waals surface area contributed by atoms with E-state index in [-0.39, 0.29) is 6.61 Å². The molecule has 0 unspecified atom stereocenters. The van der Waals surface area contributed by atoms with Crippen LogP contribution < -0.4 is 0 Å². The molecule has 3 rings (SSSR count). The number of rotatable bonds is 4. The Hall–Kier alpha value is -1.91. The third-order valence-electron chi connectivity index (χ3n) is 3.91. The quantitative estimate of drug-likeness (QED) is 0.668. The van der Waals surface area contributed by atoms with E-state index >= 15 is 0 Å². The van der Waals surface area contributed by atoms with Crippen molar-refractivity contribution in [2.45, 2.75) is 26.4 Å². The van der Waals surface area contributed by atoms with Gasteiger partial charge in [-0.15, -0.1) is 0 Å². The van der Waals surface area contributed by atoms with Crippen molar-refractivity contribution in [1.29, 1.82) is 0 Å². The maximum Gasteiger partial charge on any atom is 0.173 e. The Morgan fingerprint density at radius 1 is 1.09 bits per heavy atom. The minimum Gasteiger partial charge on any atom is -0.391 e. The summed E-state index contributed by atoms with van der Waals surface area (Å²) in [5, 5.41) is 14.0. The van der Waals surface area contributed by atoms with Gasteiger partial charge in [0, 0.05) is 15.6 Å². The average Bonchev–Trinajstić information content (AvgIpc) is 2.99. The van der Waals surface area contributed by atoms with Crippen LogP contribution in [0.25, 0.3) is 22.6 Å². The first-order valence-corrected chi connectivity index (χ1v) is 8.35. The van der Waals surface area contributed by atoms with Gasteiger partial charge in [0.1, 0.15) is 5.69 Å². The van der Waals surface area contributed by atoms with Gasteiger partial charge in [0.2, 0.25) is 0 Å². The van der Waals surface area contributed by atoms with Crippen molar-refractivity contribution in [2.75, 3.05) is 0 Å². The van der Waals surface area contributed by atoms with Gasteiger partial charge in [-0.2, -0.15) is 0 Å². The van der Waals surface area contributed by atoms with E-state index < -0.39 is 0 Å². The molecule has 0 saturated heterocycles. The topological polar surface area (TPSA) is 46.3 Å². The number of aromatic nitrogens is 1. The van der Waals surface area contributed by atoms with E-state index in [0.717, 1.165) is 15.6 Å². The first-order chi connectivity index (χ1) is 11.1. The van der Waals surface area contributed by atoms with E-state index in [1.54, 1.807) is 0 Å². The van der Waals surface area contributed by atoms with Crippen LogP contribution in [0.2, 0.25) is 0 Å². The van der Waals surface area contributed by atoms with E-state index in [0.29, 0.717) is 22.9 Å². The van der Waals surface area contributed by atoms with Gasteiger partial charge < -0.3 is 9.63 Å². The molecule has 0 aliphatic rings. The highest BCUT2D eigenvalue weighted by molar-refractivity contribution is 9.10. The normalized spacial score (nSPS) is 11.2. The zero-order valence-corrected chi connectivity index (χ0v) is 14.7. The number of nitrogens with zero attached hydrogens (tertiary/aromatic N) is 1. The number of halogens is 1. The summed E-state index contributed by atoms with van der Waals surface area (Å²) in [4.78, 5) is 0. The summed E-state index contributed by atoms with van der Waals surface area (Å²) in [6.07, 6.45) is 0. The Morgan fingerprint density at radius 3 is 2.39 bits per heavy atom. The fourth-order valence-electron chi connectivity index (χ4n) is 2.57. The Bertz CT molecular complexity index is 806. The van der Waals surface area contributed by atoms with Crippen molar-refractivity contribution in [2.24, 2.45) is 0 Å². The molecule has 1 heterocycles. The van der Waals surface area contributed by atoms with Crippen LogP contribution in [-0.4, -0.2) is 10.3 Å². The van der Waals surface area contributed by atoms with Crippen LogP contribution in [0.4, 0.5) is 0 Å². The second kappa shape index (κ2) is 6.69. The van der Waals surface area contributed by atoms with E-state index in [1.807, 2.05) is 36.4 Å². The monoisotopic (exact) mass is 371 g/mol. The molecule has 2 aromatic carbocycles. The summed E-state index contributed by atoms with van der Waals surface area (Å²) in [7, 11) is 0. The molecule has 23 heavy (non-hydrogen) atoms. The molecule has 1 aromatic heterocycles. The molecule has 118 valence electrons. The molecule has 4 heteroatoms. The highest BCUT2D eigenvalue weighted by Gasteiger charge is 2.19. The van der Waals surface area contributed by atoms with E-state index in [4.69, 9.17) is 4.52 Å². The summed E-state index contributed by atoms with van der Waals surface area (Å²) in [6.45, 7) is 4.20. The van der Waals surface area contributed by atoms with Crippen LogP contribution in [-0.2, 0) is 6.61 Å². The molecule has 0 saturated carbocycles. The first kappa shape index (κ1) is 16.0. The second-order valence-electron chi connectivity index (χ2n) is 5.75. The Morgan fingerprint density at radius 2 is 1.78 bits per heavy atom. The van der Waals surface area contributed by atoms with Gasteiger partial charge in [-0.25, -0.2) is 0 Å². The van der Waals surface area contributed by atoms with E-state index in [1.165, 1.54) is 5.56 Å². The Labute approximate surface area is 144 Å². The lowest BCUT2D eigenvalue weighted by atomic mass is 9.99. The molecule has 0 fully saturated rings. The highest BCUT2D eigenvalue weighted by atomic mass is 79.9. The second-order valence-corrected chi connectivity index (χ2v) is 6.61. The van der Waals surface area contributed by atoms with Crippen molar-refractivity contribution < 1.29 is 9.63 Å². The number of aliphatic hydroxyl groups is 1. The number of hydrogen-bond donors (Lipinski definition) is 1. The molecular formula is C19H18BrNO2. The van der Waals surface area contributed by atoms with Crippen molar-refractivity contribution >= 4 is 15.9 Å². The van der Waals surface area contributed by atoms with Crippen LogP contribution in [0.3, 0.4) is 0 Å². The molecule has 0 radical (unpaired) electrons. The van der Waals surface area contributed by atoms with Crippen LogP contribution >= 0.6 is 15.9 Å². The van der Waals surface area contributed by atoms with Crippen molar-refractivity contribution in [3.05, 3.63) is 64.1 Å². The molecule has 0 aliphatic heterocycles. The fraction of sp³-hybridized carbons (Fsp3) is 0.211. The highest BCUT2D eigenvalue weighted by Crippen LogP contribution is 2.35. The van der Waals surface area contributed by atoms with Gasteiger partial charge in [0.05, 0.1) is 12.2 Å². The molecule has 0 spiro atoms. The summed E-state index contributed by atoms with van der Waals surface area (Å²) in [5.74, 6) is 1.10. The fourth-order valence-corrected chi connectivity index (χ4v) is 3.04. The largest absolute Gasteiger partial charge is 0.391 e. The minimum atomic E-state index is -0.124. The molecule has 1 N–H and O–H groups in total. The van der Waals surface area contributed by atoms with Crippen molar-refractivity contribution in [1.82, 2.24) is 5.16 Å². The molecule has 3 nitrogen and oxygen atoms in total.